The molecule has 2 rings (SSSR count). The molecule has 13 heteroatoms. The molecule has 1 aliphatic heterocycles. The van der Waals surface area contributed by atoms with Crippen LogP contribution in [0.15, 0.2) is 5.38 Å². The van der Waals surface area contributed by atoms with Gasteiger partial charge in [-0.1, -0.05) is 0 Å². The van der Waals surface area contributed by atoms with Crippen LogP contribution >= 0.6 is 11.3 Å². The van der Waals surface area contributed by atoms with Crippen molar-refractivity contribution in [1.29, 1.82) is 0 Å². The van der Waals surface area contributed by atoms with E-state index < -0.39 is 34.2 Å². The van der Waals surface area contributed by atoms with Gasteiger partial charge < -0.3 is 10.6 Å². The summed E-state index contributed by atoms with van der Waals surface area (Å²) in [6.45, 7) is 1.38. The number of amides is 3. The zero-order valence-corrected chi connectivity index (χ0v) is 17.0. The number of hydrogen-bond donors (Lipinski definition) is 3. The Morgan fingerprint density at radius 1 is 1.57 bits per heavy atom. The molecule has 0 aromatic carbocycles. The second kappa shape index (κ2) is 8.11. The molecule has 0 unspecified atom stereocenters. The van der Waals surface area contributed by atoms with Crippen LogP contribution in [0.1, 0.15) is 12.6 Å². The molecule has 1 aromatic heterocycles. The van der Waals surface area contributed by atoms with E-state index >= 15 is 0 Å². The van der Waals surface area contributed by atoms with Gasteiger partial charge in [0.25, 0.3) is 5.91 Å². The average molecular weight is 387 g/mol. The number of hydrogen-bond acceptors (Lipinski definition) is 7. The van der Waals surface area contributed by atoms with Gasteiger partial charge in [0.05, 0.1) is 18.2 Å². The van der Waals surface area contributed by atoms with E-state index in [9.17, 15) is 22.8 Å². The molecule has 1 fully saturated rings. The van der Waals surface area contributed by atoms with Crippen molar-refractivity contribution in [2.24, 2.45) is 0 Å². The van der Waals surface area contributed by atoms with Crippen LogP contribution in [0.4, 0.5) is 5.13 Å². The Morgan fingerprint density at radius 3 is 2.74 bits per heavy atom. The van der Waals surface area contributed by atoms with E-state index in [4.69, 9.17) is 4.55 Å². The minimum atomic E-state index is -4.61. The Balaban J connectivity index is 0.00000264. The third-order valence-electron chi connectivity index (χ3n) is 2.98. The first-order valence-corrected chi connectivity index (χ1v) is 8.26. The number of nitrogens with zero attached hydrogens (tertiary/aromatic N) is 2. The molecule has 0 spiro atoms. The summed E-state index contributed by atoms with van der Waals surface area (Å²) in [6, 6.07) is -1.88. The zero-order valence-electron chi connectivity index (χ0n) is 12.2. The summed E-state index contributed by atoms with van der Waals surface area (Å²) in [5, 5.41) is 6.63. The van der Waals surface area contributed by atoms with Gasteiger partial charge in [-0.05, 0) is 6.92 Å². The fourth-order valence-electron chi connectivity index (χ4n) is 2.00. The summed E-state index contributed by atoms with van der Waals surface area (Å²) in [5.41, 5.74) is 0.401. The first-order chi connectivity index (χ1) is 10.2. The second-order valence-corrected chi connectivity index (χ2v) is 6.63. The number of rotatable bonds is 6. The van der Waals surface area contributed by atoms with E-state index in [2.05, 4.69) is 15.6 Å². The molecule has 121 valence electrons. The summed E-state index contributed by atoms with van der Waals surface area (Å²) >= 11 is 1.14. The third kappa shape index (κ3) is 4.79. The van der Waals surface area contributed by atoms with Gasteiger partial charge in [-0.15, -0.1) is 11.3 Å². The quantitative estimate of drug-likeness (QED) is 0.230. The maximum atomic E-state index is 11.8. The molecule has 1 aromatic rings. The van der Waals surface area contributed by atoms with Crippen LogP contribution in [0, 0.1) is 0 Å². The maximum absolute atomic E-state index is 11.8. The third-order valence-corrected chi connectivity index (χ3v) is 4.81. The SMILES string of the molecule is C[C@H]1[C@H](NC(=O)Cc2csc(NC=O)n2)C(=O)N1S(=O)(=O)O.[K]. The molecule has 0 bridgehead atoms. The molecule has 2 atom stereocenters. The summed E-state index contributed by atoms with van der Waals surface area (Å²) in [6.07, 6.45) is 0.334. The van der Waals surface area contributed by atoms with Crippen LogP contribution in [0.25, 0.3) is 0 Å². The second-order valence-electron chi connectivity index (χ2n) is 4.48. The average Bonchev–Trinajstić information content (AvgIpc) is 2.82. The standard InChI is InChI=1S/C10H12N4O6S2.K/c1-5-8(9(17)14(5)22(18,19)20)13-7(16)2-6-3-21-10(12-6)11-4-15;/h3-5,8H,2H2,1H3,(H,13,16)(H,11,12,15)(H,18,19,20);/t5-,8-;/m0./s1. The molecule has 3 amide bonds. The molecule has 1 saturated heterocycles. The zero-order chi connectivity index (χ0) is 16.5. The van der Waals surface area contributed by atoms with Gasteiger partial charge in [0.15, 0.2) is 5.13 Å². The Kier molecular flexibility index (Phi) is 7.27. The van der Waals surface area contributed by atoms with Crippen LogP contribution < -0.4 is 10.6 Å². The van der Waals surface area contributed by atoms with Crippen LogP contribution in [0.5, 0.6) is 0 Å². The largest absolute Gasteiger partial charge is 0.362 e. The van der Waals surface area contributed by atoms with E-state index in [-0.39, 0.29) is 57.8 Å². The van der Waals surface area contributed by atoms with Gasteiger partial charge in [-0.3, -0.25) is 18.9 Å². The molecule has 1 aliphatic rings. The normalized spacial score (nSPS) is 20.3. The van der Waals surface area contributed by atoms with Gasteiger partial charge in [-0.25, -0.2) is 9.29 Å². The number of carbonyl (C=O) groups excluding carboxylic acids is 3. The molecule has 2 heterocycles. The number of thiazole rings is 1. The van der Waals surface area contributed by atoms with Gasteiger partial charge >= 0.3 is 10.3 Å². The van der Waals surface area contributed by atoms with Crippen LogP contribution in [0.2, 0.25) is 0 Å². The van der Waals surface area contributed by atoms with E-state index in [1.807, 2.05) is 0 Å². The van der Waals surface area contributed by atoms with Crippen molar-refractivity contribution < 1.29 is 27.4 Å². The fourth-order valence-corrected chi connectivity index (χ4v) is 3.55. The smallest absolute Gasteiger partial charge is 0.342 e. The van der Waals surface area contributed by atoms with E-state index in [1.54, 1.807) is 5.38 Å². The van der Waals surface area contributed by atoms with Crippen molar-refractivity contribution in [2.75, 3.05) is 5.32 Å². The molecule has 0 saturated carbocycles. The van der Waals surface area contributed by atoms with E-state index in [0.29, 0.717) is 21.5 Å². The van der Waals surface area contributed by atoms with Crippen molar-refractivity contribution in [2.45, 2.75) is 25.4 Å². The van der Waals surface area contributed by atoms with Gasteiger partial charge in [0, 0.05) is 56.8 Å². The minimum absolute atomic E-state index is 0. The van der Waals surface area contributed by atoms with Gasteiger partial charge in [0.2, 0.25) is 12.3 Å². The molecular weight excluding hydrogens is 375 g/mol. The Labute approximate surface area is 178 Å². The predicted molar refractivity (Wildman–Crippen MR) is 81.0 cm³/mol. The topological polar surface area (TPSA) is 146 Å². The molecule has 0 aliphatic carbocycles. The van der Waals surface area contributed by atoms with Crippen molar-refractivity contribution in [3.05, 3.63) is 11.1 Å². The van der Waals surface area contributed by atoms with Crippen LogP contribution in [-0.2, 0) is 31.1 Å². The number of nitrogens with one attached hydrogen (secondary N) is 2. The molecule has 3 N–H and O–H groups in total. The maximum Gasteiger partial charge on any atom is 0.362 e. The predicted octanol–water partition coefficient (Wildman–Crippen LogP) is -1.61. The number of aromatic nitrogens is 1. The van der Waals surface area contributed by atoms with Crippen LogP contribution in [0.3, 0.4) is 0 Å². The fraction of sp³-hybridized carbons (Fsp3) is 0.400. The number of carbonyl (C=O) groups is 3. The number of β-lactam (4-membered cyclic amide) rings is 1. The molecular formula is C10H12KN4O6S2. The van der Waals surface area contributed by atoms with Gasteiger partial charge in [0.1, 0.15) is 6.04 Å². The molecule has 1 radical (unpaired) electrons. The van der Waals surface area contributed by atoms with Gasteiger partial charge in [-0.2, -0.15) is 8.42 Å². The van der Waals surface area contributed by atoms with Crippen molar-refractivity contribution in [1.82, 2.24) is 14.6 Å². The van der Waals surface area contributed by atoms with Crippen molar-refractivity contribution in [3.63, 3.8) is 0 Å². The summed E-state index contributed by atoms with van der Waals surface area (Å²) in [7, 11) is -4.61. The number of anilines is 1. The first-order valence-electron chi connectivity index (χ1n) is 5.98. The Bertz CT molecular complexity index is 721. The molecule has 23 heavy (non-hydrogen) atoms. The van der Waals surface area contributed by atoms with Crippen LogP contribution in [-0.4, -0.2) is 104 Å². The molecule has 10 nitrogen and oxygen atoms in total. The Morgan fingerprint density at radius 2 is 2.22 bits per heavy atom. The van der Waals surface area contributed by atoms with Crippen molar-refractivity contribution in [3.8, 4) is 0 Å². The summed E-state index contributed by atoms with van der Waals surface area (Å²) in [5.74, 6) is -1.42. The summed E-state index contributed by atoms with van der Waals surface area (Å²) in [4.78, 5) is 37.6. The minimum Gasteiger partial charge on any atom is -0.342 e. The summed E-state index contributed by atoms with van der Waals surface area (Å²) < 4.78 is 31.0. The first kappa shape index (κ1) is 20.6. The Hall–Kier alpha value is -0.414. The monoisotopic (exact) mass is 387 g/mol. The van der Waals surface area contributed by atoms with E-state index in [1.165, 1.54) is 6.92 Å². The van der Waals surface area contributed by atoms with Crippen molar-refractivity contribution >= 4 is 96.4 Å². The van der Waals surface area contributed by atoms with E-state index in [0.717, 1.165) is 11.3 Å².